The molecular weight excluding hydrogens is 266 g/mol. The molecule has 1 N–H and O–H groups in total. The van der Waals surface area contributed by atoms with E-state index >= 15 is 0 Å². The molecule has 1 aromatic rings. The summed E-state index contributed by atoms with van der Waals surface area (Å²) < 4.78 is 12.2. The molecule has 0 bridgehead atoms. The zero-order valence-corrected chi connectivity index (χ0v) is 11.6. The Labute approximate surface area is 113 Å². The molecule has 0 fully saturated rings. The van der Waals surface area contributed by atoms with Crippen molar-refractivity contribution in [2.24, 2.45) is 0 Å². The fourth-order valence-corrected chi connectivity index (χ4v) is 3.34. The van der Waals surface area contributed by atoms with Gasteiger partial charge >= 0.3 is 0 Å². The van der Waals surface area contributed by atoms with Crippen molar-refractivity contribution in [2.45, 2.75) is 24.0 Å². The van der Waals surface area contributed by atoms with Crippen molar-refractivity contribution in [3.8, 4) is 0 Å². The van der Waals surface area contributed by atoms with Crippen molar-refractivity contribution in [2.75, 3.05) is 18.1 Å². The zero-order chi connectivity index (χ0) is 14.2. The van der Waals surface area contributed by atoms with Gasteiger partial charge in [-0.15, -0.1) is 0 Å². The molecule has 0 aliphatic carbocycles. The maximum Gasteiger partial charge on any atom is 0.242 e. The number of β-amino-alcohol motifs (C(OH)–C–C–N with tert-alkyl or cyclic N) is 1. The predicted octanol–water partition coefficient (Wildman–Crippen LogP) is 0.724. The van der Waals surface area contributed by atoms with Crippen LogP contribution in [0.2, 0.25) is 0 Å². The van der Waals surface area contributed by atoms with Gasteiger partial charge in [0.15, 0.2) is 5.78 Å². The Morgan fingerprint density at radius 3 is 2.74 bits per heavy atom. The van der Waals surface area contributed by atoms with Gasteiger partial charge in [0, 0.05) is 12.1 Å². The average Bonchev–Trinajstić information content (AvgIpc) is 2.40. The van der Waals surface area contributed by atoms with Gasteiger partial charge in [-0.2, -0.15) is 0 Å². The Morgan fingerprint density at radius 2 is 2.16 bits per heavy atom. The summed E-state index contributed by atoms with van der Waals surface area (Å²) in [6.07, 6.45) is 0. The van der Waals surface area contributed by atoms with Gasteiger partial charge in [-0.05, 0) is 26.0 Å². The van der Waals surface area contributed by atoms with Gasteiger partial charge in [-0.3, -0.25) is 13.8 Å². The third kappa shape index (κ3) is 2.33. The second kappa shape index (κ2) is 5.22. The number of anilines is 1. The Hall–Kier alpha value is -1.53. The molecule has 6 heteroatoms. The van der Waals surface area contributed by atoms with E-state index in [0.29, 0.717) is 16.1 Å². The Kier molecular flexibility index (Phi) is 3.82. The largest absolute Gasteiger partial charge is 0.395 e. The number of nitrogens with zero attached hydrogens (tertiary/aromatic N) is 1. The van der Waals surface area contributed by atoms with Gasteiger partial charge < -0.3 is 10.0 Å². The average molecular weight is 281 g/mol. The molecule has 1 aliphatic heterocycles. The SMILES string of the molecule is CC(=O)c1ccc2c(c1)N(CCO)C(=O)C(C)S2=O. The third-order valence-corrected chi connectivity index (χ3v) is 4.75. The van der Waals surface area contributed by atoms with Crippen LogP contribution in [0.25, 0.3) is 0 Å². The number of aliphatic hydroxyl groups is 1. The number of fused-ring (bicyclic) bond motifs is 1. The molecule has 1 heterocycles. The molecule has 2 rings (SSSR count). The Balaban J connectivity index is 2.59. The normalized spacial score (nSPS) is 22.3. The van der Waals surface area contributed by atoms with Crippen LogP contribution in [0.1, 0.15) is 24.2 Å². The number of Topliss-reactive ketones (excluding diaryl/α,β-unsaturated/α-hetero) is 1. The first kappa shape index (κ1) is 13.9. The number of hydrogen-bond acceptors (Lipinski definition) is 4. The van der Waals surface area contributed by atoms with Gasteiger partial charge in [0.1, 0.15) is 5.25 Å². The summed E-state index contributed by atoms with van der Waals surface area (Å²) in [5, 5.41) is 8.42. The number of benzene rings is 1. The highest BCUT2D eigenvalue weighted by Crippen LogP contribution is 2.32. The second-order valence-electron chi connectivity index (χ2n) is 4.39. The Bertz CT molecular complexity index is 570. The summed E-state index contributed by atoms with van der Waals surface area (Å²) in [4.78, 5) is 25.4. The fraction of sp³-hybridized carbons (Fsp3) is 0.385. The smallest absolute Gasteiger partial charge is 0.242 e. The lowest BCUT2D eigenvalue weighted by molar-refractivity contribution is -0.118. The molecular formula is C13H15NO4S. The summed E-state index contributed by atoms with van der Waals surface area (Å²) >= 11 is 0. The van der Waals surface area contributed by atoms with E-state index < -0.39 is 16.0 Å². The monoisotopic (exact) mass is 281 g/mol. The summed E-state index contributed by atoms with van der Waals surface area (Å²) in [5.41, 5.74) is 0.921. The topological polar surface area (TPSA) is 74.7 Å². The number of aliphatic hydroxyl groups excluding tert-OH is 1. The highest BCUT2D eigenvalue weighted by molar-refractivity contribution is 7.86. The lowest BCUT2D eigenvalue weighted by atomic mass is 10.1. The molecule has 5 nitrogen and oxygen atoms in total. The summed E-state index contributed by atoms with van der Waals surface area (Å²) in [6.45, 7) is 2.98. The van der Waals surface area contributed by atoms with Gasteiger partial charge in [-0.25, -0.2) is 0 Å². The number of carbonyl (C=O) groups excluding carboxylic acids is 2. The van der Waals surface area contributed by atoms with Crippen molar-refractivity contribution >= 4 is 28.2 Å². The van der Waals surface area contributed by atoms with Crippen molar-refractivity contribution in [3.63, 3.8) is 0 Å². The molecule has 0 spiro atoms. The van der Waals surface area contributed by atoms with Gasteiger partial charge in [-0.1, -0.05) is 6.07 Å². The van der Waals surface area contributed by atoms with Crippen molar-refractivity contribution in [3.05, 3.63) is 23.8 Å². The van der Waals surface area contributed by atoms with E-state index in [1.807, 2.05) is 0 Å². The first-order valence-electron chi connectivity index (χ1n) is 5.95. The standard InChI is InChI=1S/C13H15NO4S/c1-8(16)10-3-4-12-11(7-10)14(5-6-15)13(17)9(2)19(12)18/h3-4,7,9,15H,5-6H2,1-2H3. The maximum atomic E-state index is 12.2. The number of carbonyl (C=O) groups is 2. The van der Waals surface area contributed by atoms with E-state index in [1.54, 1.807) is 25.1 Å². The molecule has 2 unspecified atom stereocenters. The van der Waals surface area contributed by atoms with Crippen LogP contribution in [-0.4, -0.2) is 39.4 Å². The molecule has 19 heavy (non-hydrogen) atoms. The van der Waals surface area contributed by atoms with Crippen LogP contribution in [0.4, 0.5) is 5.69 Å². The lowest BCUT2D eigenvalue weighted by Gasteiger charge is -2.32. The molecule has 0 saturated heterocycles. The molecule has 102 valence electrons. The summed E-state index contributed by atoms with van der Waals surface area (Å²) in [6, 6.07) is 4.79. The van der Waals surface area contributed by atoms with E-state index in [0.717, 1.165) is 0 Å². The first-order chi connectivity index (χ1) is 8.97. The predicted molar refractivity (Wildman–Crippen MR) is 71.8 cm³/mol. The van der Waals surface area contributed by atoms with E-state index in [2.05, 4.69) is 0 Å². The Morgan fingerprint density at radius 1 is 1.47 bits per heavy atom. The highest BCUT2D eigenvalue weighted by Gasteiger charge is 2.35. The van der Waals surface area contributed by atoms with Crippen LogP contribution in [0.5, 0.6) is 0 Å². The van der Waals surface area contributed by atoms with Crippen LogP contribution in [0.15, 0.2) is 23.1 Å². The minimum Gasteiger partial charge on any atom is -0.395 e. The molecule has 2 atom stereocenters. The lowest BCUT2D eigenvalue weighted by Crippen LogP contribution is -2.45. The van der Waals surface area contributed by atoms with Crippen LogP contribution >= 0.6 is 0 Å². The van der Waals surface area contributed by atoms with Crippen LogP contribution in [0, 0.1) is 0 Å². The molecule has 1 aromatic carbocycles. The third-order valence-electron chi connectivity index (χ3n) is 3.13. The zero-order valence-electron chi connectivity index (χ0n) is 10.8. The van der Waals surface area contributed by atoms with Crippen molar-refractivity contribution < 1.29 is 18.9 Å². The van der Waals surface area contributed by atoms with E-state index in [4.69, 9.17) is 5.11 Å². The van der Waals surface area contributed by atoms with Crippen molar-refractivity contribution in [1.82, 2.24) is 0 Å². The molecule has 0 saturated carbocycles. The van der Waals surface area contributed by atoms with Crippen LogP contribution in [0.3, 0.4) is 0 Å². The van der Waals surface area contributed by atoms with E-state index in [-0.39, 0.29) is 24.8 Å². The molecule has 0 radical (unpaired) electrons. The maximum absolute atomic E-state index is 12.2. The quantitative estimate of drug-likeness (QED) is 0.829. The summed E-state index contributed by atoms with van der Waals surface area (Å²) in [7, 11) is -1.42. The fourth-order valence-electron chi connectivity index (χ4n) is 2.07. The molecule has 1 amide bonds. The van der Waals surface area contributed by atoms with Crippen molar-refractivity contribution in [1.29, 1.82) is 0 Å². The van der Waals surface area contributed by atoms with E-state index in [1.165, 1.54) is 11.8 Å². The van der Waals surface area contributed by atoms with Crippen LogP contribution < -0.4 is 4.90 Å². The number of amides is 1. The second-order valence-corrected chi connectivity index (χ2v) is 6.13. The minimum absolute atomic E-state index is 0.122. The van der Waals surface area contributed by atoms with Crippen LogP contribution in [-0.2, 0) is 15.6 Å². The van der Waals surface area contributed by atoms with Gasteiger partial charge in [0.2, 0.25) is 5.91 Å². The minimum atomic E-state index is -1.42. The van der Waals surface area contributed by atoms with E-state index in [9.17, 15) is 13.8 Å². The first-order valence-corrected chi connectivity index (χ1v) is 7.16. The molecule has 0 aromatic heterocycles. The molecule has 1 aliphatic rings. The number of ketones is 1. The van der Waals surface area contributed by atoms with Gasteiger partial charge in [0.25, 0.3) is 0 Å². The summed E-state index contributed by atoms with van der Waals surface area (Å²) in [5.74, 6) is -0.413. The number of rotatable bonds is 3. The number of hydrogen-bond donors (Lipinski definition) is 1. The highest BCUT2D eigenvalue weighted by atomic mass is 32.2. The van der Waals surface area contributed by atoms with Gasteiger partial charge in [0.05, 0.1) is 28.0 Å².